The van der Waals surface area contributed by atoms with Gasteiger partial charge in [0.15, 0.2) is 5.11 Å². The van der Waals surface area contributed by atoms with Crippen LogP contribution in [0.1, 0.15) is 12.0 Å². The molecule has 0 bridgehead atoms. The molecule has 1 aromatic rings. The van der Waals surface area contributed by atoms with Crippen molar-refractivity contribution in [2.24, 2.45) is 0 Å². The van der Waals surface area contributed by atoms with Crippen LogP contribution in [0, 0.1) is 10.1 Å². The molecule has 20 heavy (non-hydrogen) atoms. The molecule has 6 nitrogen and oxygen atoms in total. The number of aromatic hydroxyl groups is 1. The lowest BCUT2D eigenvalue weighted by Crippen LogP contribution is -2.35. The van der Waals surface area contributed by atoms with Gasteiger partial charge in [-0.3, -0.25) is 10.1 Å². The summed E-state index contributed by atoms with van der Waals surface area (Å²) in [5, 5.41) is 26.7. The number of nitrogens with one attached hydrogen (secondary N) is 2. The maximum Gasteiger partial charge on any atom is 0.270 e. The largest absolute Gasteiger partial charge is 0.508 e. The molecule has 0 saturated heterocycles. The first kappa shape index (κ1) is 16.5. The van der Waals surface area contributed by atoms with Gasteiger partial charge in [-0.2, -0.15) is 11.8 Å². The summed E-state index contributed by atoms with van der Waals surface area (Å²) in [4.78, 5) is 10.2. The Morgan fingerprint density at radius 2 is 2.25 bits per heavy atom. The zero-order valence-corrected chi connectivity index (χ0v) is 12.7. The Hall–Kier alpha value is -1.54. The first-order valence-corrected chi connectivity index (χ1v) is 7.81. The summed E-state index contributed by atoms with van der Waals surface area (Å²) in [6.45, 7) is 1.01. The summed E-state index contributed by atoms with van der Waals surface area (Å²) >= 11 is 6.86. The minimum atomic E-state index is -0.498. The lowest BCUT2D eigenvalue weighted by molar-refractivity contribution is -0.384. The van der Waals surface area contributed by atoms with Gasteiger partial charge in [-0.25, -0.2) is 0 Å². The lowest BCUT2D eigenvalue weighted by Gasteiger charge is -2.11. The van der Waals surface area contributed by atoms with Crippen molar-refractivity contribution in [2.75, 3.05) is 18.6 Å². The van der Waals surface area contributed by atoms with E-state index in [1.54, 1.807) is 11.8 Å². The van der Waals surface area contributed by atoms with Crippen LogP contribution in [-0.4, -0.2) is 33.7 Å². The van der Waals surface area contributed by atoms with Crippen LogP contribution in [0.4, 0.5) is 5.69 Å². The van der Waals surface area contributed by atoms with Crippen LogP contribution in [0.15, 0.2) is 18.2 Å². The third kappa shape index (κ3) is 5.62. The molecule has 0 atom stereocenters. The molecule has 1 aromatic carbocycles. The number of non-ortho nitro benzene ring substituents is 1. The zero-order chi connectivity index (χ0) is 15.0. The molecular weight excluding hydrogens is 298 g/mol. The molecule has 0 fully saturated rings. The number of benzene rings is 1. The molecule has 0 unspecified atom stereocenters. The van der Waals surface area contributed by atoms with E-state index >= 15 is 0 Å². The molecule has 0 aliphatic rings. The lowest BCUT2D eigenvalue weighted by atomic mass is 10.2. The van der Waals surface area contributed by atoms with Gasteiger partial charge in [0, 0.05) is 30.8 Å². The molecule has 0 radical (unpaired) electrons. The minimum absolute atomic E-state index is 0.00767. The van der Waals surface area contributed by atoms with Crippen LogP contribution < -0.4 is 10.6 Å². The second-order valence-corrected chi connectivity index (χ2v) is 5.42. The molecule has 3 N–H and O–H groups in total. The van der Waals surface area contributed by atoms with Crippen molar-refractivity contribution in [3.05, 3.63) is 33.9 Å². The second kappa shape index (κ2) is 8.60. The minimum Gasteiger partial charge on any atom is -0.508 e. The normalized spacial score (nSPS) is 10.1. The highest BCUT2D eigenvalue weighted by Gasteiger charge is 2.10. The number of phenols is 1. The summed E-state index contributed by atoms with van der Waals surface area (Å²) in [6.07, 6.45) is 3.05. The molecule has 0 saturated carbocycles. The van der Waals surface area contributed by atoms with Gasteiger partial charge in [0.05, 0.1) is 4.92 Å². The Bertz CT molecular complexity index is 483. The third-order valence-corrected chi connectivity index (χ3v) is 3.51. The first-order valence-electron chi connectivity index (χ1n) is 6.01. The highest BCUT2D eigenvalue weighted by Crippen LogP contribution is 2.22. The summed E-state index contributed by atoms with van der Waals surface area (Å²) in [6, 6.07) is 3.90. The van der Waals surface area contributed by atoms with E-state index in [1.165, 1.54) is 18.2 Å². The Kier molecular flexibility index (Phi) is 7.10. The monoisotopic (exact) mass is 315 g/mol. The number of phenolic OH excluding ortho intramolecular Hbond substituents is 1. The number of thiocarbonyl (C=S) groups is 1. The fourth-order valence-corrected chi connectivity index (χ4v) is 2.09. The van der Waals surface area contributed by atoms with Crippen molar-refractivity contribution in [3.63, 3.8) is 0 Å². The van der Waals surface area contributed by atoms with E-state index in [4.69, 9.17) is 12.2 Å². The van der Waals surface area contributed by atoms with E-state index in [2.05, 4.69) is 10.6 Å². The Morgan fingerprint density at radius 1 is 1.50 bits per heavy atom. The number of nitro groups is 1. The van der Waals surface area contributed by atoms with Crippen molar-refractivity contribution in [3.8, 4) is 5.75 Å². The summed E-state index contributed by atoms with van der Waals surface area (Å²) in [5.74, 6) is 1.06. The second-order valence-electron chi connectivity index (χ2n) is 4.03. The van der Waals surface area contributed by atoms with Crippen LogP contribution in [0.2, 0.25) is 0 Å². The smallest absolute Gasteiger partial charge is 0.270 e. The van der Waals surface area contributed by atoms with E-state index < -0.39 is 4.92 Å². The Morgan fingerprint density at radius 3 is 2.90 bits per heavy atom. The highest BCUT2D eigenvalue weighted by atomic mass is 32.2. The summed E-state index contributed by atoms with van der Waals surface area (Å²) in [7, 11) is 0. The molecule has 0 amide bonds. The Balaban J connectivity index is 2.46. The fourth-order valence-electron chi connectivity index (χ4n) is 1.48. The SMILES string of the molecule is CSCCCNC(=S)NCc1cc([N+](=O)[O-])ccc1O. The molecule has 0 heterocycles. The topological polar surface area (TPSA) is 87.4 Å². The van der Waals surface area contributed by atoms with Gasteiger partial charge >= 0.3 is 0 Å². The van der Waals surface area contributed by atoms with E-state index in [-0.39, 0.29) is 18.0 Å². The molecule has 0 aromatic heterocycles. The van der Waals surface area contributed by atoms with Gasteiger partial charge < -0.3 is 15.7 Å². The summed E-state index contributed by atoms with van der Waals surface area (Å²) < 4.78 is 0. The third-order valence-electron chi connectivity index (χ3n) is 2.52. The number of thioether (sulfide) groups is 1. The predicted molar refractivity (Wildman–Crippen MR) is 85.2 cm³/mol. The summed E-state index contributed by atoms with van der Waals surface area (Å²) in [5.41, 5.74) is 0.380. The van der Waals surface area contributed by atoms with Crippen LogP contribution in [0.25, 0.3) is 0 Å². The van der Waals surface area contributed by atoms with Crippen molar-refractivity contribution < 1.29 is 10.0 Å². The van der Waals surface area contributed by atoms with Crippen molar-refractivity contribution in [1.29, 1.82) is 0 Å². The molecule has 8 heteroatoms. The first-order chi connectivity index (χ1) is 9.54. The van der Waals surface area contributed by atoms with E-state index in [9.17, 15) is 15.2 Å². The van der Waals surface area contributed by atoms with Gasteiger partial charge in [0.25, 0.3) is 5.69 Å². The molecule has 0 spiro atoms. The van der Waals surface area contributed by atoms with Gasteiger partial charge in [-0.15, -0.1) is 0 Å². The molecule has 0 aliphatic carbocycles. The van der Waals surface area contributed by atoms with E-state index in [0.29, 0.717) is 10.7 Å². The van der Waals surface area contributed by atoms with Crippen LogP contribution >= 0.6 is 24.0 Å². The standard InChI is InChI=1S/C12H17N3O3S2/c1-20-6-2-5-13-12(19)14-8-9-7-10(15(17)18)3-4-11(9)16/h3-4,7,16H,2,5-6,8H2,1H3,(H2,13,14,19). The number of nitrogens with zero attached hydrogens (tertiary/aromatic N) is 1. The van der Waals surface area contributed by atoms with Gasteiger partial charge in [0.2, 0.25) is 0 Å². The van der Waals surface area contributed by atoms with Crippen LogP contribution in [0.5, 0.6) is 5.75 Å². The number of hydrogen-bond acceptors (Lipinski definition) is 5. The van der Waals surface area contributed by atoms with Gasteiger partial charge in [-0.05, 0) is 36.7 Å². The highest BCUT2D eigenvalue weighted by molar-refractivity contribution is 7.98. The average molecular weight is 315 g/mol. The molecule has 0 aliphatic heterocycles. The Labute approximate surface area is 127 Å². The average Bonchev–Trinajstić information content (AvgIpc) is 2.42. The van der Waals surface area contributed by atoms with Crippen molar-refractivity contribution in [1.82, 2.24) is 10.6 Å². The van der Waals surface area contributed by atoms with Gasteiger partial charge in [-0.1, -0.05) is 0 Å². The van der Waals surface area contributed by atoms with Gasteiger partial charge in [0.1, 0.15) is 5.75 Å². The molecule has 1 rings (SSSR count). The van der Waals surface area contributed by atoms with Crippen LogP contribution in [-0.2, 0) is 6.54 Å². The fraction of sp³-hybridized carbons (Fsp3) is 0.417. The number of rotatable bonds is 7. The van der Waals surface area contributed by atoms with E-state index in [0.717, 1.165) is 18.7 Å². The molecule has 110 valence electrons. The van der Waals surface area contributed by atoms with Crippen molar-refractivity contribution in [2.45, 2.75) is 13.0 Å². The number of hydrogen-bond donors (Lipinski definition) is 3. The van der Waals surface area contributed by atoms with Crippen molar-refractivity contribution >= 4 is 34.8 Å². The maximum atomic E-state index is 10.7. The predicted octanol–water partition coefficient (Wildman–Crippen LogP) is 2.02. The quantitative estimate of drug-likeness (QED) is 0.307. The number of nitro benzene ring substituents is 1. The maximum absolute atomic E-state index is 10.7. The van der Waals surface area contributed by atoms with E-state index in [1.807, 2.05) is 6.26 Å². The van der Waals surface area contributed by atoms with Crippen LogP contribution in [0.3, 0.4) is 0 Å². The molecular formula is C12H17N3O3S2. The zero-order valence-electron chi connectivity index (χ0n) is 11.1.